The van der Waals surface area contributed by atoms with Gasteiger partial charge in [-0.05, 0) is 47.7 Å². The zero-order chi connectivity index (χ0) is 25.7. The van der Waals surface area contributed by atoms with Crippen molar-refractivity contribution in [2.24, 2.45) is 0 Å². The molecule has 2 atom stereocenters. The van der Waals surface area contributed by atoms with Gasteiger partial charge in [0.15, 0.2) is 5.37 Å². The number of thiophene rings is 1. The van der Waals surface area contributed by atoms with Crippen LogP contribution in [0.5, 0.6) is 0 Å². The Balaban J connectivity index is 1.43. The topological polar surface area (TPSA) is 164 Å². The molecule has 0 bridgehead atoms. The number of hydrogen-bond acceptors (Lipinski definition) is 9. The second kappa shape index (κ2) is 8.96. The standard InChI is InChI=1S/C23H20ClN5O5S2/c24-14-3-2-13-6-19(35-17(13)7-14)36(33,34)22-21(32)29-23(10-26-22,9-18(30)31)8-12-1-4-15-16(5-12)27-11-28-20(15)25/h1-7,11,22,26H,8-10H2,(H,29,32)(H,30,31)(H2,25,27,28)/t22?,23-/m0/s1. The van der Waals surface area contributed by atoms with Crippen LogP contribution in [0.2, 0.25) is 5.02 Å². The maximum atomic E-state index is 13.3. The van der Waals surface area contributed by atoms with Crippen molar-refractivity contribution in [1.29, 1.82) is 0 Å². The minimum atomic E-state index is -4.10. The Morgan fingerprint density at radius 3 is 2.78 bits per heavy atom. The van der Waals surface area contributed by atoms with Gasteiger partial charge in [0.05, 0.1) is 17.5 Å². The molecule has 186 valence electrons. The molecule has 0 spiro atoms. The van der Waals surface area contributed by atoms with Crippen LogP contribution in [0.1, 0.15) is 12.0 Å². The molecule has 3 heterocycles. The number of fused-ring (bicyclic) bond motifs is 2. The summed E-state index contributed by atoms with van der Waals surface area (Å²) in [5.74, 6) is -1.63. The summed E-state index contributed by atoms with van der Waals surface area (Å²) >= 11 is 7.03. The summed E-state index contributed by atoms with van der Waals surface area (Å²) in [5, 5.41) is 15.3. The molecule has 0 aliphatic carbocycles. The molecule has 1 fully saturated rings. The number of nitrogens with one attached hydrogen (secondary N) is 2. The molecule has 10 nitrogen and oxygen atoms in total. The molecule has 1 amide bonds. The van der Waals surface area contributed by atoms with Gasteiger partial charge in [0.1, 0.15) is 16.4 Å². The number of benzene rings is 2. The molecular formula is C23H20ClN5O5S2. The Morgan fingerprint density at radius 2 is 2.03 bits per heavy atom. The largest absolute Gasteiger partial charge is 0.481 e. The lowest BCUT2D eigenvalue weighted by Gasteiger charge is -2.40. The van der Waals surface area contributed by atoms with Crippen molar-refractivity contribution in [2.75, 3.05) is 12.3 Å². The third kappa shape index (κ3) is 4.48. The SMILES string of the molecule is Nc1ncnc2cc(C[C@]3(CC(=O)O)CNC(S(=O)(=O)c4cc5ccc(Cl)cc5s4)C(=O)N3)ccc12. The summed E-state index contributed by atoms with van der Waals surface area (Å²) in [4.78, 5) is 33.0. The number of halogens is 1. The summed E-state index contributed by atoms with van der Waals surface area (Å²) in [7, 11) is -4.10. The zero-order valence-corrected chi connectivity index (χ0v) is 21.0. The predicted octanol–water partition coefficient (Wildman–Crippen LogP) is 2.36. The molecule has 2 aromatic heterocycles. The number of carbonyl (C=O) groups is 2. The highest BCUT2D eigenvalue weighted by Gasteiger charge is 2.46. The fourth-order valence-electron chi connectivity index (χ4n) is 4.43. The van der Waals surface area contributed by atoms with Gasteiger partial charge >= 0.3 is 5.97 Å². The predicted molar refractivity (Wildman–Crippen MR) is 137 cm³/mol. The molecule has 1 aliphatic heterocycles. The summed E-state index contributed by atoms with van der Waals surface area (Å²) in [6, 6.07) is 11.8. The maximum Gasteiger partial charge on any atom is 0.305 e. The van der Waals surface area contributed by atoms with Crippen molar-refractivity contribution in [3.8, 4) is 0 Å². The molecule has 5 N–H and O–H groups in total. The van der Waals surface area contributed by atoms with Gasteiger partial charge in [-0.1, -0.05) is 23.7 Å². The van der Waals surface area contributed by atoms with Crippen LogP contribution < -0.4 is 16.4 Å². The molecule has 4 aromatic rings. The number of nitrogen functional groups attached to an aromatic ring is 1. The van der Waals surface area contributed by atoms with E-state index >= 15 is 0 Å². The molecule has 1 saturated heterocycles. The van der Waals surface area contributed by atoms with Crippen LogP contribution in [0.3, 0.4) is 0 Å². The van der Waals surface area contributed by atoms with Crippen molar-refractivity contribution in [2.45, 2.75) is 28.0 Å². The third-order valence-corrected chi connectivity index (χ3v) is 9.82. The van der Waals surface area contributed by atoms with Gasteiger partial charge in [0.25, 0.3) is 5.91 Å². The Kier molecular flexibility index (Phi) is 6.07. The highest BCUT2D eigenvalue weighted by atomic mass is 35.5. The maximum absolute atomic E-state index is 13.3. The molecule has 13 heteroatoms. The summed E-state index contributed by atoms with van der Waals surface area (Å²) < 4.78 is 27.4. The second-order valence-corrected chi connectivity index (χ2v) is 12.5. The van der Waals surface area contributed by atoms with Gasteiger partial charge in [-0.3, -0.25) is 14.9 Å². The number of carboxylic acids is 1. The van der Waals surface area contributed by atoms with Crippen molar-refractivity contribution in [1.82, 2.24) is 20.6 Å². The van der Waals surface area contributed by atoms with Crippen LogP contribution in [-0.2, 0) is 25.8 Å². The summed E-state index contributed by atoms with van der Waals surface area (Å²) in [6.45, 7) is -0.0738. The van der Waals surface area contributed by atoms with Crippen LogP contribution in [0.4, 0.5) is 5.82 Å². The van der Waals surface area contributed by atoms with Crippen molar-refractivity contribution in [3.63, 3.8) is 0 Å². The molecule has 2 aromatic carbocycles. The number of nitrogens with two attached hydrogens (primary N) is 1. The number of piperazine rings is 1. The summed E-state index contributed by atoms with van der Waals surface area (Å²) in [5.41, 5.74) is 5.90. The molecule has 0 saturated carbocycles. The molecular weight excluding hydrogens is 526 g/mol. The normalized spacial score (nSPS) is 20.5. The third-order valence-electron chi connectivity index (χ3n) is 6.07. The second-order valence-electron chi connectivity index (χ2n) is 8.68. The van der Waals surface area contributed by atoms with Crippen LogP contribution >= 0.6 is 22.9 Å². The Morgan fingerprint density at radius 1 is 1.22 bits per heavy atom. The fourth-order valence-corrected chi connectivity index (χ4v) is 7.69. The lowest BCUT2D eigenvalue weighted by Crippen LogP contribution is -2.69. The number of nitrogens with zero attached hydrogens (tertiary/aromatic N) is 2. The first kappa shape index (κ1) is 24.4. The minimum Gasteiger partial charge on any atom is -0.481 e. The van der Waals surface area contributed by atoms with Crippen LogP contribution in [0.25, 0.3) is 21.0 Å². The lowest BCUT2D eigenvalue weighted by molar-refractivity contribution is -0.139. The van der Waals surface area contributed by atoms with E-state index in [-0.39, 0.29) is 17.2 Å². The van der Waals surface area contributed by atoms with Gasteiger partial charge in [-0.15, -0.1) is 11.3 Å². The molecule has 36 heavy (non-hydrogen) atoms. The van der Waals surface area contributed by atoms with Crippen molar-refractivity contribution < 1.29 is 23.1 Å². The number of aromatic nitrogens is 2. The van der Waals surface area contributed by atoms with Crippen LogP contribution in [0, 0.1) is 0 Å². The fraction of sp³-hybridized carbons (Fsp3) is 0.217. The van der Waals surface area contributed by atoms with E-state index in [4.69, 9.17) is 17.3 Å². The minimum absolute atomic E-state index is 0.0185. The first-order chi connectivity index (χ1) is 17.1. The van der Waals surface area contributed by atoms with Gasteiger partial charge in [0, 0.05) is 21.7 Å². The molecule has 5 rings (SSSR count). The number of carbonyl (C=O) groups excluding carboxylic acids is 1. The molecule has 1 unspecified atom stereocenters. The summed E-state index contributed by atoms with van der Waals surface area (Å²) in [6.07, 6.45) is 1.05. The number of anilines is 1. The molecule has 0 radical (unpaired) electrons. The van der Waals surface area contributed by atoms with Gasteiger partial charge < -0.3 is 16.2 Å². The number of amides is 1. The Labute approximate surface area is 214 Å². The average Bonchev–Trinajstić information content (AvgIpc) is 3.22. The van der Waals surface area contributed by atoms with E-state index in [2.05, 4.69) is 20.6 Å². The first-order valence-corrected chi connectivity index (χ1v) is 13.5. The number of hydrogen-bond donors (Lipinski definition) is 4. The quantitative estimate of drug-likeness (QED) is 0.284. The lowest BCUT2D eigenvalue weighted by atomic mass is 9.85. The number of carboxylic acid groups (broad SMARTS) is 1. The number of sulfone groups is 1. The van der Waals surface area contributed by atoms with E-state index in [1.807, 2.05) is 0 Å². The van der Waals surface area contributed by atoms with E-state index in [0.29, 0.717) is 37.4 Å². The highest BCUT2D eigenvalue weighted by molar-refractivity contribution is 7.94. The van der Waals surface area contributed by atoms with Crippen LogP contribution in [0.15, 0.2) is 53.0 Å². The van der Waals surface area contributed by atoms with E-state index in [0.717, 1.165) is 11.3 Å². The molecule has 1 aliphatic rings. The Bertz CT molecular complexity index is 1640. The Hall–Kier alpha value is -3.32. The number of rotatable bonds is 6. The van der Waals surface area contributed by atoms with Crippen LogP contribution in [-0.4, -0.2) is 52.8 Å². The van der Waals surface area contributed by atoms with E-state index in [1.165, 1.54) is 12.4 Å². The highest BCUT2D eigenvalue weighted by Crippen LogP contribution is 2.34. The number of aliphatic carboxylic acids is 1. The monoisotopic (exact) mass is 545 g/mol. The van der Waals surface area contributed by atoms with E-state index < -0.39 is 39.0 Å². The van der Waals surface area contributed by atoms with Gasteiger partial charge in [-0.25, -0.2) is 18.4 Å². The zero-order valence-electron chi connectivity index (χ0n) is 18.6. The van der Waals surface area contributed by atoms with Crippen molar-refractivity contribution >= 4 is 71.5 Å². The van der Waals surface area contributed by atoms with E-state index in [1.54, 1.807) is 36.4 Å². The van der Waals surface area contributed by atoms with Crippen molar-refractivity contribution in [3.05, 3.63) is 59.4 Å². The first-order valence-electron chi connectivity index (χ1n) is 10.8. The van der Waals surface area contributed by atoms with Gasteiger partial charge in [-0.2, -0.15) is 0 Å². The smallest absolute Gasteiger partial charge is 0.305 e. The average molecular weight is 546 g/mol. The van der Waals surface area contributed by atoms with Gasteiger partial charge in [0.2, 0.25) is 9.84 Å². The van der Waals surface area contributed by atoms with E-state index in [9.17, 15) is 23.1 Å².